The number of hydrogen-bond acceptors (Lipinski definition) is 4. The number of anilines is 1. The fraction of sp³-hybridized carbons (Fsp3) is 0.636. The van der Waals surface area contributed by atoms with Gasteiger partial charge in [-0.15, -0.1) is 0 Å². The molecule has 1 amide bonds. The van der Waals surface area contributed by atoms with Crippen molar-refractivity contribution >= 4 is 22.4 Å². The summed E-state index contributed by atoms with van der Waals surface area (Å²) in [7, 11) is -0.965. The highest BCUT2D eigenvalue weighted by Crippen LogP contribution is 2.21. The standard InChI is InChI=1S/C11H20N4O2S/c1-6(2)9-8(12)10(15-14-9)11(16)13-5-7(3)18(4)17/h6-7H,5,12H2,1-4H3,(H,13,16)(H,14,15). The Bertz CT molecular complexity index is 456. The van der Waals surface area contributed by atoms with Gasteiger partial charge in [-0.2, -0.15) is 5.10 Å². The van der Waals surface area contributed by atoms with Crippen LogP contribution in [0.5, 0.6) is 0 Å². The van der Waals surface area contributed by atoms with Gasteiger partial charge in [-0.25, -0.2) is 0 Å². The zero-order chi connectivity index (χ0) is 13.9. The first-order chi connectivity index (χ1) is 8.34. The van der Waals surface area contributed by atoms with Crippen molar-refractivity contribution < 1.29 is 9.00 Å². The van der Waals surface area contributed by atoms with Crippen LogP contribution in [0.3, 0.4) is 0 Å². The molecule has 2 atom stereocenters. The molecule has 1 aromatic heterocycles. The summed E-state index contributed by atoms with van der Waals surface area (Å²) in [6.07, 6.45) is 1.61. The van der Waals surface area contributed by atoms with Gasteiger partial charge in [-0.05, 0) is 12.8 Å². The number of nitrogens with one attached hydrogen (secondary N) is 2. The summed E-state index contributed by atoms with van der Waals surface area (Å²) in [5.41, 5.74) is 7.20. The van der Waals surface area contributed by atoms with Crippen molar-refractivity contribution in [1.82, 2.24) is 15.5 Å². The molecule has 0 saturated heterocycles. The van der Waals surface area contributed by atoms with E-state index in [9.17, 15) is 9.00 Å². The molecule has 1 aromatic rings. The minimum atomic E-state index is -0.965. The van der Waals surface area contributed by atoms with Gasteiger partial charge in [0.15, 0.2) is 5.69 Å². The van der Waals surface area contributed by atoms with E-state index in [1.165, 1.54) is 0 Å². The number of rotatable bonds is 5. The molecule has 1 heterocycles. The molecule has 0 spiro atoms. The average molecular weight is 272 g/mol. The Kier molecular flexibility index (Phi) is 4.89. The van der Waals surface area contributed by atoms with Gasteiger partial charge in [0.1, 0.15) is 0 Å². The van der Waals surface area contributed by atoms with Crippen LogP contribution in [0, 0.1) is 0 Å². The van der Waals surface area contributed by atoms with E-state index in [-0.39, 0.29) is 22.8 Å². The number of carbonyl (C=O) groups is 1. The van der Waals surface area contributed by atoms with E-state index in [2.05, 4.69) is 15.5 Å². The number of aromatic nitrogens is 2. The first kappa shape index (κ1) is 14.7. The molecule has 7 heteroatoms. The monoisotopic (exact) mass is 272 g/mol. The number of nitrogen functional groups attached to an aromatic ring is 1. The molecule has 4 N–H and O–H groups in total. The number of amides is 1. The maximum atomic E-state index is 11.9. The molecule has 0 aliphatic rings. The lowest BCUT2D eigenvalue weighted by molar-refractivity contribution is 0.0950. The molecule has 2 unspecified atom stereocenters. The molecule has 0 bridgehead atoms. The molecule has 1 rings (SSSR count). The zero-order valence-corrected chi connectivity index (χ0v) is 11.9. The quantitative estimate of drug-likeness (QED) is 0.731. The second-order valence-corrected chi connectivity index (χ2v) is 6.38. The highest BCUT2D eigenvalue weighted by Gasteiger charge is 2.19. The summed E-state index contributed by atoms with van der Waals surface area (Å²) in [5.74, 6) is -0.158. The number of H-pyrrole nitrogens is 1. The Morgan fingerprint density at radius 3 is 2.56 bits per heavy atom. The predicted molar refractivity (Wildman–Crippen MR) is 73.0 cm³/mol. The third-order valence-corrected chi connectivity index (χ3v) is 4.04. The Balaban J connectivity index is 2.71. The molecule has 0 aliphatic heterocycles. The topological polar surface area (TPSA) is 101 Å². The summed E-state index contributed by atoms with van der Waals surface area (Å²) < 4.78 is 11.2. The van der Waals surface area contributed by atoms with Gasteiger partial charge >= 0.3 is 0 Å². The van der Waals surface area contributed by atoms with E-state index in [0.29, 0.717) is 12.2 Å². The van der Waals surface area contributed by atoms with Crippen molar-refractivity contribution in [3.8, 4) is 0 Å². The molecular weight excluding hydrogens is 252 g/mol. The second kappa shape index (κ2) is 5.99. The summed E-state index contributed by atoms with van der Waals surface area (Å²) in [4.78, 5) is 11.9. The highest BCUT2D eigenvalue weighted by atomic mass is 32.2. The number of hydrogen-bond donors (Lipinski definition) is 3. The Morgan fingerprint density at radius 1 is 1.50 bits per heavy atom. The largest absolute Gasteiger partial charge is 0.395 e. The van der Waals surface area contributed by atoms with E-state index >= 15 is 0 Å². The zero-order valence-electron chi connectivity index (χ0n) is 11.1. The normalized spacial score (nSPS) is 14.5. The lowest BCUT2D eigenvalue weighted by Gasteiger charge is -2.09. The molecule has 0 aromatic carbocycles. The summed E-state index contributed by atoms with van der Waals surface area (Å²) in [5, 5.41) is 9.27. The van der Waals surface area contributed by atoms with Gasteiger partial charge in [0, 0.05) is 28.9 Å². The van der Waals surface area contributed by atoms with Crippen LogP contribution in [0.1, 0.15) is 42.9 Å². The van der Waals surface area contributed by atoms with Gasteiger partial charge in [0.25, 0.3) is 5.91 Å². The van der Waals surface area contributed by atoms with Gasteiger partial charge in [0.2, 0.25) is 0 Å². The van der Waals surface area contributed by atoms with Crippen LogP contribution in [0.15, 0.2) is 0 Å². The minimum absolute atomic E-state index is 0.0984. The minimum Gasteiger partial charge on any atom is -0.395 e. The van der Waals surface area contributed by atoms with E-state index < -0.39 is 10.8 Å². The van der Waals surface area contributed by atoms with Crippen molar-refractivity contribution in [2.24, 2.45) is 0 Å². The maximum Gasteiger partial charge on any atom is 0.273 e. The predicted octanol–water partition coefficient (Wildman–Crippen LogP) is 0.612. The van der Waals surface area contributed by atoms with Gasteiger partial charge < -0.3 is 11.1 Å². The summed E-state index contributed by atoms with van der Waals surface area (Å²) >= 11 is 0. The fourth-order valence-electron chi connectivity index (χ4n) is 1.41. The van der Waals surface area contributed by atoms with Crippen molar-refractivity contribution in [3.63, 3.8) is 0 Å². The molecule has 18 heavy (non-hydrogen) atoms. The summed E-state index contributed by atoms with van der Waals surface area (Å²) in [6.45, 7) is 6.08. The lowest BCUT2D eigenvalue weighted by Crippen LogP contribution is -2.33. The van der Waals surface area contributed by atoms with Gasteiger partial charge in [-0.1, -0.05) is 13.8 Å². The van der Waals surface area contributed by atoms with Crippen molar-refractivity contribution in [2.45, 2.75) is 31.9 Å². The number of nitrogens with zero attached hydrogens (tertiary/aromatic N) is 1. The van der Waals surface area contributed by atoms with Crippen LogP contribution in [0.2, 0.25) is 0 Å². The number of nitrogens with two attached hydrogens (primary N) is 1. The Hall–Kier alpha value is -1.37. The fourth-order valence-corrected chi connectivity index (χ4v) is 1.73. The number of aromatic amines is 1. The first-order valence-corrected chi connectivity index (χ1v) is 7.40. The van der Waals surface area contributed by atoms with Crippen molar-refractivity contribution in [2.75, 3.05) is 18.5 Å². The van der Waals surface area contributed by atoms with Crippen molar-refractivity contribution in [3.05, 3.63) is 11.4 Å². The first-order valence-electron chi connectivity index (χ1n) is 5.78. The lowest BCUT2D eigenvalue weighted by atomic mass is 10.1. The average Bonchev–Trinajstić information content (AvgIpc) is 2.67. The van der Waals surface area contributed by atoms with E-state index in [4.69, 9.17) is 5.73 Å². The molecule has 0 saturated carbocycles. The molecule has 0 aliphatic carbocycles. The third kappa shape index (κ3) is 3.32. The van der Waals surface area contributed by atoms with Crippen LogP contribution in [0.4, 0.5) is 5.69 Å². The smallest absolute Gasteiger partial charge is 0.273 e. The van der Waals surface area contributed by atoms with Gasteiger partial charge in [-0.3, -0.25) is 14.1 Å². The van der Waals surface area contributed by atoms with Crippen LogP contribution < -0.4 is 11.1 Å². The van der Waals surface area contributed by atoms with Crippen LogP contribution >= 0.6 is 0 Å². The molecule has 6 nitrogen and oxygen atoms in total. The highest BCUT2D eigenvalue weighted by molar-refractivity contribution is 7.84. The Morgan fingerprint density at radius 2 is 2.11 bits per heavy atom. The summed E-state index contributed by atoms with van der Waals surface area (Å²) in [6, 6.07) is 0. The van der Waals surface area contributed by atoms with E-state index in [0.717, 1.165) is 5.69 Å². The molecule has 0 fully saturated rings. The third-order valence-electron chi connectivity index (χ3n) is 2.74. The SMILES string of the molecule is CC(C)c1[nH]nc(C(=O)NCC(C)S(C)=O)c1N. The van der Waals surface area contributed by atoms with E-state index in [1.54, 1.807) is 6.26 Å². The molecule has 0 radical (unpaired) electrons. The molecule has 102 valence electrons. The van der Waals surface area contributed by atoms with Crippen LogP contribution in [-0.2, 0) is 10.8 Å². The van der Waals surface area contributed by atoms with Crippen LogP contribution in [-0.4, -0.2) is 38.4 Å². The van der Waals surface area contributed by atoms with Crippen molar-refractivity contribution in [1.29, 1.82) is 0 Å². The van der Waals surface area contributed by atoms with Crippen LogP contribution in [0.25, 0.3) is 0 Å². The van der Waals surface area contributed by atoms with E-state index in [1.807, 2.05) is 20.8 Å². The Labute approximate surface area is 109 Å². The molecular formula is C11H20N4O2S. The maximum absolute atomic E-state index is 11.9. The van der Waals surface area contributed by atoms with Gasteiger partial charge in [0.05, 0.1) is 11.4 Å². The second-order valence-electron chi connectivity index (χ2n) is 4.57. The number of carbonyl (C=O) groups excluding carboxylic acids is 1.